The largest absolute Gasteiger partial charge is 0.483 e. The van der Waals surface area contributed by atoms with Gasteiger partial charge in [-0.25, -0.2) is 5.43 Å². The highest BCUT2D eigenvalue weighted by atomic mass is 16.5. The third kappa shape index (κ3) is 4.97. The van der Waals surface area contributed by atoms with Crippen LogP contribution in [0.2, 0.25) is 0 Å². The molecule has 0 spiro atoms. The van der Waals surface area contributed by atoms with Crippen molar-refractivity contribution in [3.63, 3.8) is 0 Å². The SMILES string of the molecule is Cc1ccc(C(C)C)c(OCC(=O)N/N=C2/CCCCc3ccccc32)c1. The van der Waals surface area contributed by atoms with Crippen molar-refractivity contribution in [1.82, 2.24) is 5.43 Å². The quantitative estimate of drug-likeness (QED) is 0.615. The van der Waals surface area contributed by atoms with Gasteiger partial charge in [-0.15, -0.1) is 0 Å². The molecule has 0 bridgehead atoms. The van der Waals surface area contributed by atoms with Gasteiger partial charge in [0.2, 0.25) is 0 Å². The van der Waals surface area contributed by atoms with Crippen LogP contribution in [-0.2, 0) is 11.2 Å². The second-order valence-corrected chi connectivity index (χ2v) is 7.44. The Hall–Kier alpha value is -2.62. The van der Waals surface area contributed by atoms with Crippen LogP contribution in [0.3, 0.4) is 0 Å². The van der Waals surface area contributed by atoms with Gasteiger partial charge in [0.05, 0.1) is 5.71 Å². The molecule has 1 N–H and O–H groups in total. The van der Waals surface area contributed by atoms with Crippen LogP contribution in [0, 0.1) is 6.92 Å². The molecular formula is C23H28N2O2. The lowest BCUT2D eigenvalue weighted by Gasteiger charge is -2.14. The van der Waals surface area contributed by atoms with E-state index >= 15 is 0 Å². The maximum atomic E-state index is 12.3. The summed E-state index contributed by atoms with van der Waals surface area (Å²) in [6, 6.07) is 14.4. The van der Waals surface area contributed by atoms with Crippen LogP contribution in [0.5, 0.6) is 5.75 Å². The van der Waals surface area contributed by atoms with Gasteiger partial charge in [0.25, 0.3) is 5.91 Å². The van der Waals surface area contributed by atoms with Crippen LogP contribution in [0.15, 0.2) is 47.6 Å². The Morgan fingerprint density at radius 1 is 1.15 bits per heavy atom. The fourth-order valence-electron chi connectivity index (χ4n) is 3.43. The first-order valence-corrected chi connectivity index (χ1v) is 9.71. The molecule has 1 amide bonds. The van der Waals surface area contributed by atoms with Gasteiger partial charge in [0, 0.05) is 5.56 Å². The van der Waals surface area contributed by atoms with E-state index in [2.05, 4.69) is 54.7 Å². The van der Waals surface area contributed by atoms with Gasteiger partial charge >= 0.3 is 0 Å². The average Bonchev–Trinajstić information content (AvgIpc) is 2.86. The highest BCUT2D eigenvalue weighted by Gasteiger charge is 2.14. The molecule has 2 aromatic rings. The van der Waals surface area contributed by atoms with Crippen LogP contribution in [-0.4, -0.2) is 18.2 Å². The van der Waals surface area contributed by atoms with Crippen LogP contribution in [0.25, 0.3) is 0 Å². The van der Waals surface area contributed by atoms with E-state index in [1.165, 1.54) is 5.56 Å². The van der Waals surface area contributed by atoms with Gasteiger partial charge in [0.15, 0.2) is 6.61 Å². The maximum absolute atomic E-state index is 12.3. The minimum Gasteiger partial charge on any atom is -0.483 e. The highest BCUT2D eigenvalue weighted by molar-refractivity contribution is 6.02. The van der Waals surface area contributed by atoms with Crippen molar-refractivity contribution in [3.8, 4) is 5.75 Å². The predicted molar refractivity (Wildman–Crippen MR) is 109 cm³/mol. The highest BCUT2D eigenvalue weighted by Crippen LogP contribution is 2.27. The first kappa shape index (κ1) is 19.2. The lowest BCUT2D eigenvalue weighted by molar-refractivity contribution is -0.123. The number of amides is 1. The van der Waals surface area contributed by atoms with Gasteiger partial charge in [-0.05, 0) is 61.3 Å². The molecule has 0 aromatic heterocycles. The van der Waals surface area contributed by atoms with Crippen molar-refractivity contribution in [2.45, 2.75) is 52.4 Å². The number of hydrogen-bond donors (Lipinski definition) is 1. The van der Waals surface area contributed by atoms with Gasteiger partial charge in [-0.2, -0.15) is 5.10 Å². The molecule has 0 aliphatic heterocycles. The van der Waals surface area contributed by atoms with E-state index in [-0.39, 0.29) is 12.5 Å². The summed E-state index contributed by atoms with van der Waals surface area (Å²) in [7, 11) is 0. The molecule has 0 heterocycles. The van der Waals surface area contributed by atoms with E-state index in [0.29, 0.717) is 5.92 Å². The number of carbonyl (C=O) groups is 1. The predicted octanol–water partition coefficient (Wildman–Crippen LogP) is 4.74. The van der Waals surface area contributed by atoms with E-state index in [9.17, 15) is 4.79 Å². The van der Waals surface area contributed by atoms with E-state index in [1.807, 2.05) is 19.1 Å². The Kier molecular flexibility index (Phi) is 6.28. The topological polar surface area (TPSA) is 50.7 Å². The molecule has 0 radical (unpaired) electrons. The summed E-state index contributed by atoms with van der Waals surface area (Å²) in [5.74, 6) is 0.874. The summed E-state index contributed by atoms with van der Waals surface area (Å²) >= 11 is 0. The summed E-state index contributed by atoms with van der Waals surface area (Å²) in [6.45, 7) is 6.22. The first-order valence-electron chi connectivity index (χ1n) is 9.71. The number of rotatable bonds is 5. The third-order valence-electron chi connectivity index (χ3n) is 4.90. The van der Waals surface area contributed by atoms with Gasteiger partial charge in [-0.3, -0.25) is 4.79 Å². The molecule has 0 unspecified atom stereocenters. The van der Waals surface area contributed by atoms with Crippen molar-refractivity contribution < 1.29 is 9.53 Å². The molecule has 2 aromatic carbocycles. The lowest BCUT2D eigenvalue weighted by atomic mass is 10.0. The number of hydrazone groups is 1. The normalized spacial score (nSPS) is 15.3. The molecule has 4 nitrogen and oxygen atoms in total. The average molecular weight is 364 g/mol. The Labute approximate surface area is 161 Å². The molecule has 0 saturated heterocycles. The summed E-state index contributed by atoms with van der Waals surface area (Å²) in [4.78, 5) is 12.3. The smallest absolute Gasteiger partial charge is 0.277 e. The Morgan fingerprint density at radius 2 is 1.93 bits per heavy atom. The zero-order chi connectivity index (χ0) is 19.2. The molecule has 3 rings (SSSR count). The van der Waals surface area contributed by atoms with Crippen LogP contribution < -0.4 is 10.2 Å². The van der Waals surface area contributed by atoms with Gasteiger partial charge < -0.3 is 4.74 Å². The van der Waals surface area contributed by atoms with Crippen LogP contribution in [0.1, 0.15) is 61.3 Å². The number of carbonyl (C=O) groups excluding carboxylic acids is 1. The van der Waals surface area contributed by atoms with E-state index in [0.717, 1.165) is 53.8 Å². The zero-order valence-corrected chi connectivity index (χ0v) is 16.4. The summed E-state index contributed by atoms with van der Waals surface area (Å²) in [5.41, 5.74) is 8.31. The summed E-state index contributed by atoms with van der Waals surface area (Å²) in [6.07, 6.45) is 4.18. The first-order chi connectivity index (χ1) is 13.0. The third-order valence-corrected chi connectivity index (χ3v) is 4.90. The minimum atomic E-state index is -0.236. The molecular weight excluding hydrogens is 336 g/mol. The standard InChI is InChI=1S/C23H28N2O2/c1-16(2)19-13-12-17(3)14-22(19)27-15-23(26)25-24-21-11-7-5-9-18-8-4-6-10-20(18)21/h4,6,8,10,12-14,16H,5,7,9,11,15H2,1-3H3,(H,25,26)/b24-21-. The molecule has 0 atom stereocenters. The number of nitrogens with one attached hydrogen (secondary N) is 1. The number of hydrogen-bond acceptors (Lipinski definition) is 3. The molecule has 27 heavy (non-hydrogen) atoms. The number of benzene rings is 2. The molecule has 4 heteroatoms. The van der Waals surface area contributed by atoms with E-state index < -0.39 is 0 Å². The molecule has 1 aliphatic rings. The number of ether oxygens (including phenoxy) is 1. The van der Waals surface area contributed by atoms with E-state index in [4.69, 9.17) is 4.74 Å². The summed E-state index contributed by atoms with van der Waals surface area (Å²) in [5, 5.41) is 4.41. The van der Waals surface area contributed by atoms with Crippen molar-refractivity contribution in [2.24, 2.45) is 5.10 Å². The van der Waals surface area contributed by atoms with Crippen molar-refractivity contribution in [3.05, 3.63) is 64.7 Å². The number of aryl methyl sites for hydroxylation is 2. The summed E-state index contributed by atoms with van der Waals surface area (Å²) < 4.78 is 5.79. The van der Waals surface area contributed by atoms with Crippen molar-refractivity contribution in [1.29, 1.82) is 0 Å². The second-order valence-electron chi connectivity index (χ2n) is 7.44. The fraction of sp³-hybridized carbons (Fsp3) is 0.391. The Balaban J connectivity index is 1.65. The van der Waals surface area contributed by atoms with Crippen molar-refractivity contribution >= 4 is 11.6 Å². The van der Waals surface area contributed by atoms with Crippen LogP contribution >= 0.6 is 0 Å². The molecule has 0 fully saturated rings. The van der Waals surface area contributed by atoms with E-state index in [1.54, 1.807) is 0 Å². The molecule has 142 valence electrons. The molecule has 1 aliphatic carbocycles. The maximum Gasteiger partial charge on any atom is 0.277 e. The van der Waals surface area contributed by atoms with Gasteiger partial charge in [0.1, 0.15) is 5.75 Å². The van der Waals surface area contributed by atoms with Gasteiger partial charge in [-0.1, -0.05) is 50.2 Å². The fourth-order valence-corrected chi connectivity index (χ4v) is 3.43. The number of nitrogens with zero attached hydrogens (tertiary/aromatic N) is 1. The monoisotopic (exact) mass is 364 g/mol. The second kappa shape index (κ2) is 8.85. The Bertz CT molecular complexity index is 840. The molecule has 0 saturated carbocycles. The lowest BCUT2D eigenvalue weighted by Crippen LogP contribution is -2.26. The zero-order valence-electron chi connectivity index (χ0n) is 16.4. The van der Waals surface area contributed by atoms with Crippen LogP contribution in [0.4, 0.5) is 0 Å². The van der Waals surface area contributed by atoms with Crippen molar-refractivity contribution in [2.75, 3.05) is 6.61 Å². The minimum absolute atomic E-state index is 0.0401. The number of fused-ring (bicyclic) bond motifs is 1. The Morgan fingerprint density at radius 3 is 2.74 bits per heavy atom.